The van der Waals surface area contributed by atoms with Crippen molar-refractivity contribution in [2.24, 2.45) is 11.3 Å². The highest BCUT2D eigenvalue weighted by Crippen LogP contribution is 2.37. The zero-order chi connectivity index (χ0) is 20.5. The first-order valence-corrected chi connectivity index (χ1v) is 9.31. The van der Waals surface area contributed by atoms with E-state index in [2.05, 4.69) is 0 Å². The molecule has 0 aliphatic carbocycles. The normalized spacial score (nSPS) is 19.0. The van der Waals surface area contributed by atoms with Gasteiger partial charge in [0.05, 0.1) is 5.41 Å². The number of carbonyl (C=O) groups is 2. The average molecular weight is 374 g/mol. The van der Waals surface area contributed by atoms with Crippen molar-refractivity contribution in [3.05, 3.63) is 40.1 Å². The fourth-order valence-electron chi connectivity index (χ4n) is 3.25. The van der Waals surface area contributed by atoms with Gasteiger partial charge < -0.3 is 14.6 Å². The molecule has 0 amide bonds. The van der Waals surface area contributed by atoms with Gasteiger partial charge in [0.2, 0.25) is 0 Å². The Labute approximate surface area is 161 Å². The third-order valence-corrected chi connectivity index (χ3v) is 4.81. The SMILES string of the molecule is Cc1cc(C)c(C2=C(OC(=O)C(C)(C)C)CC(C(C)CO)OC2=O)c(C)c1. The average Bonchev–Trinajstić information content (AvgIpc) is 2.54. The zero-order valence-electron chi connectivity index (χ0n) is 17.3. The number of aryl methyl sites for hydroxylation is 3. The molecule has 2 rings (SSSR count). The Morgan fingerprint density at radius 2 is 1.81 bits per heavy atom. The second-order valence-corrected chi connectivity index (χ2v) is 8.52. The molecule has 2 unspecified atom stereocenters. The van der Waals surface area contributed by atoms with Gasteiger partial charge in [-0.1, -0.05) is 24.6 Å². The van der Waals surface area contributed by atoms with Crippen molar-refractivity contribution in [3.63, 3.8) is 0 Å². The molecule has 1 N–H and O–H groups in total. The Balaban J connectivity index is 2.62. The van der Waals surface area contributed by atoms with E-state index in [1.54, 1.807) is 27.7 Å². The molecule has 1 aliphatic rings. The van der Waals surface area contributed by atoms with Crippen LogP contribution in [0.1, 0.15) is 56.4 Å². The van der Waals surface area contributed by atoms with E-state index in [9.17, 15) is 14.7 Å². The molecule has 1 aromatic rings. The summed E-state index contributed by atoms with van der Waals surface area (Å²) < 4.78 is 11.3. The smallest absolute Gasteiger partial charge is 0.342 e. The summed E-state index contributed by atoms with van der Waals surface area (Å²) in [4.78, 5) is 25.4. The van der Waals surface area contributed by atoms with E-state index >= 15 is 0 Å². The van der Waals surface area contributed by atoms with Gasteiger partial charge in [-0.2, -0.15) is 0 Å². The maximum absolute atomic E-state index is 12.9. The summed E-state index contributed by atoms with van der Waals surface area (Å²) in [5.41, 5.74) is 3.31. The number of aliphatic hydroxyl groups is 1. The molecule has 0 fully saturated rings. The largest absolute Gasteiger partial charge is 0.458 e. The number of hydrogen-bond donors (Lipinski definition) is 1. The molecule has 148 valence electrons. The van der Waals surface area contributed by atoms with Crippen LogP contribution in [0.15, 0.2) is 17.9 Å². The predicted octanol–water partition coefficient (Wildman–Crippen LogP) is 3.86. The third-order valence-electron chi connectivity index (χ3n) is 4.81. The van der Waals surface area contributed by atoms with Gasteiger partial charge in [-0.3, -0.25) is 4.79 Å². The van der Waals surface area contributed by atoms with Crippen molar-refractivity contribution in [1.82, 2.24) is 0 Å². The van der Waals surface area contributed by atoms with Crippen molar-refractivity contribution in [1.29, 1.82) is 0 Å². The van der Waals surface area contributed by atoms with Crippen LogP contribution in [0.3, 0.4) is 0 Å². The first-order valence-electron chi connectivity index (χ1n) is 9.31. The highest BCUT2D eigenvalue weighted by molar-refractivity contribution is 6.19. The van der Waals surface area contributed by atoms with Crippen LogP contribution in [-0.4, -0.2) is 29.8 Å². The first-order chi connectivity index (χ1) is 12.5. The van der Waals surface area contributed by atoms with Crippen molar-refractivity contribution >= 4 is 17.5 Å². The number of esters is 2. The Morgan fingerprint density at radius 3 is 2.30 bits per heavy atom. The molecule has 2 atom stereocenters. The first kappa shape index (κ1) is 21.2. The van der Waals surface area contributed by atoms with E-state index in [1.807, 2.05) is 32.9 Å². The van der Waals surface area contributed by atoms with Crippen LogP contribution < -0.4 is 0 Å². The monoisotopic (exact) mass is 374 g/mol. The molecular formula is C22H30O5. The number of cyclic esters (lactones) is 1. The van der Waals surface area contributed by atoms with Crippen LogP contribution in [0.2, 0.25) is 0 Å². The lowest BCUT2D eigenvalue weighted by atomic mass is 9.88. The number of benzene rings is 1. The molecule has 0 saturated heterocycles. The van der Waals surface area contributed by atoms with Crippen molar-refractivity contribution in [2.45, 2.75) is 61.0 Å². The minimum absolute atomic E-state index is 0.115. The minimum atomic E-state index is -0.699. The predicted molar refractivity (Wildman–Crippen MR) is 104 cm³/mol. The van der Waals surface area contributed by atoms with Gasteiger partial charge in [0, 0.05) is 18.9 Å². The van der Waals surface area contributed by atoms with Crippen LogP contribution in [0, 0.1) is 32.1 Å². The van der Waals surface area contributed by atoms with Crippen LogP contribution >= 0.6 is 0 Å². The van der Waals surface area contributed by atoms with E-state index in [-0.39, 0.29) is 18.9 Å². The van der Waals surface area contributed by atoms with Crippen molar-refractivity contribution in [2.75, 3.05) is 6.61 Å². The summed E-state index contributed by atoms with van der Waals surface area (Å²) >= 11 is 0. The fraction of sp³-hybridized carbons (Fsp3) is 0.545. The number of ether oxygens (including phenoxy) is 2. The van der Waals surface area contributed by atoms with Gasteiger partial charge in [-0.25, -0.2) is 4.79 Å². The van der Waals surface area contributed by atoms with Gasteiger partial charge in [0.1, 0.15) is 17.4 Å². The van der Waals surface area contributed by atoms with Crippen molar-refractivity contribution in [3.8, 4) is 0 Å². The Hall–Kier alpha value is -2.14. The zero-order valence-corrected chi connectivity index (χ0v) is 17.3. The summed E-state index contributed by atoms with van der Waals surface area (Å²) in [6.45, 7) is 12.9. The topological polar surface area (TPSA) is 72.8 Å². The van der Waals surface area contributed by atoms with Crippen LogP contribution in [0.25, 0.3) is 5.57 Å². The molecule has 0 radical (unpaired) electrons. The summed E-state index contributed by atoms with van der Waals surface area (Å²) in [5.74, 6) is -0.841. The standard InChI is InChI=1S/C22H30O5/c1-12-8-13(2)18(14(3)9-12)19-17(27-21(25)22(5,6)7)10-16(15(4)11-23)26-20(19)24/h8-9,15-16,23H,10-11H2,1-7H3. The Morgan fingerprint density at radius 1 is 1.26 bits per heavy atom. The second-order valence-electron chi connectivity index (χ2n) is 8.52. The molecule has 1 aliphatic heterocycles. The molecular weight excluding hydrogens is 344 g/mol. The number of aliphatic hydroxyl groups excluding tert-OH is 1. The van der Waals surface area contributed by atoms with Gasteiger partial charge >= 0.3 is 11.9 Å². The van der Waals surface area contributed by atoms with E-state index in [1.165, 1.54) is 0 Å². The number of hydrogen-bond acceptors (Lipinski definition) is 5. The van der Waals surface area contributed by atoms with Gasteiger partial charge in [0.15, 0.2) is 0 Å². The molecule has 5 nitrogen and oxygen atoms in total. The van der Waals surface area contributed by atoms with Crippen LogP contribution in [-0.2, 0) is 19.1 Å². The lowest BCUT2D eigenvalue weighted by molar-refractivity contribution is -0.153. The summed E-state index contributed by atoms with van der Waals surface area (Å²) in [6.07, 6.45) is -0.266. The lowest BCUT2D eigenvalue weighted by Gasteiger charge is -2.31. The Kier molecular flexibility index (Phi) is 6.15. The molecule has 0 spiro atoms. The third kappa shape index (κ3) is 4.59. The van der Waals surface area contributed by atoms with Crippen LogP contribution in [0.4, 0.5) is 0 Å². The minimum Gasteiger partial charge on any atom is -0.458 e. The van der Waals surface area contributed by atoms with Crippen LogP contribution in [0.5, 0.6) is 0 Å². The highest BCUT2D eigenvalue weighted by atomic mass is 16.6. The van der Waals surface area contributed by atoms with E-state index < -0.39 is 23.5 Å². The number of rotatable bonds is 4. The van der Waals surface area contributed by atoms with Crippen molar-refractivity contribution < 1.29 is 24.2 Å². The lowest BCUT2D eigenvalue weighted by Crippen LogP contribution is -2.35. The van der Waals surface area contributed by atoms with E-state index in [0.717, 1.165) is 22.3 Å². The Bertz CT molecular complexity index is 759. The van der Waals surface area contributed by atoms with E-state index in [0.29, 0.717) is 11.3 Å². The second kappa shape index (κ2) is 7.85. The number of carbonyl (C=O) groups excluding carboxylic acids is 2. The molecule has 5 heteroatoms. The van der Waals surface area contributed by atoms with Gasteiger partial charge in [0.25, 0.3) is 0 Å². The molecule has 1 heterocycles. The maximum Gasteiger partial charge on any atom is 0.342 e. The molecule has 0 aromatic heterocycles. The highest BCUT2D eigenvalue weighted by Gasteiger charge is 2.37. The fourth-order valence-corrected chi connectivity index (χ4v) is 3.25. The quantitative estimate of drug-likeness (QED) is 0.810. The molecule has 0 bridgehead atoms. The molecule has 27 heavy (non-hydrogen) atoms. The molecule has 0 saturated carbocycles. The maximum atomic E-state index is 12.9. The van der Waals surface area contributed by atoms with E-state index in [4.69, 9.17) is 9.47 Å². The summed E-state index contributed by atoms with van der Waals surface area (Å²) in [6, 6.07) is 3.99. The van der Waals surface area contributed by atoms with Gasteiger partial charge in [-0.15, -0.1) is 0 Å². The molecule has 1 aromatic carbocycles. The summed E-state index contributed by atoms with van der Waals surface area (Å²) in [7, 11) is 0. The summed E-state index contributed by atoms with van der Waals surface area (Å²) in [5, 5.41) is 9.46. The van der Waals surface area contributed by atoms with Gasteiger partial charge in [-0.05, 0) is 58.2 Å².